The second kappa shape index (κ2) is 6.05. The van der Waals surface area contributed by atoms with Gasteiger partial charge in [0.15, 0.2) is 0 Å². The van der Waals surface area contributed by atoms with Gasteiger partial charge in [-0.05, 0) is 24.8 Å². The predicted octanol–water partition coefficient (Wildman–Crippen LogP) is 2.66. The van der Waals surface area contributed by atoms with E-state index in [0.717, 1.165) is 11.1 Å². The summed E-state index contributed by atoms with van der Waals surface area (Å²) in [4.78, 5) is 26.4. The Kier molecular flexibility index (Phi) is 3.96. The Bertz CT molecular complexity index is 678. The summed E-state index contributed by atoms with van der Waals surface area (Å²) in [7, 11) is 0. The first-order chi connectivity index (χ1) is 10.6. The van der Waals surface area contributed by atoms with Crippen molar-refractivity contribution in [2.45, 2.75) is 25.3 Å². The van der Waals surface area contributed by atoms with Crippen molar-refractivity contribution in [2.24, 2.45) is 5.92 Å². The maximum absolute atomic E-state index is 12.5. The summed E-state index contributed by atoms with van der Waals surface area (Å²) in [5, 5.41) is 12.0. The molecule has 1 aromatic carbocycles. The van der Waals surface area contributed by atoms with Crippen LogP contribution in [0.25, 0.3) is 11.1 Å². The van der Waals surface area contributed by atoms with Gasteiger partial charge in [0.05, 0.1) is 11.5 Å². The van der Waals surface area contributed by atoms with Crippen molar-refractivity contribution in [3.8, 4) is 11.1 Å². The predicted molar refractivity (Wildman–Crippen MR) is 82.5 cm³/mol. The first-order valence-electron chi connectivity index (χ1n) is 7.41. The highest BCUT2D eigenvalue weighted by molar-refractivity contribution is 6.01. The van der Waals surface area contributed by atoms with Crippen molar-refractivity contribution in [3.63, 3.8) is 0 Å². The molecule has 0 spiro atoms. The maximum Gasteiger partial charge on any atom is 0.306 e. The van der Waals surface area contributed by atoms with E-state index in [1.807, 2.05) is 30.3 Å². The van der Waals surface area contributed by atoms with Crippen molar-refractivity contribution in [3.05, 3.63) is 48.3 Å². The summed E-state index contributed by atoms with van der Waals surface area (Å²) in [6.07, 6.45) is 5.33. The molecule has 0 unspecified atom stereocenters. The van der Waals surface area contributed by atoms with Crippen LogP contribution in [0.3, 0.4) is 0 Å². The fraction of sp³-hybridized carbons (Fsp3) is 0.294. The van der Waals surface area contributed by atoms with Gasteiger partial charge in [-0.2, -0.15) is 0 Å². The summed E-state index contributed by atoms with van der Waals surface area (Å²) in [6.45, 7) is 0. The lowest BCUT2D eigenvalue weighted by molar-refractivity contribution is -0.141. The van der Waals surface area contributed by atoms with Gasteiger partial charge >= 0.3 is 5.97 Å². The van der Waals surface area contributed by atoms with E-state index in [2.05, 4.69) is 10.3 Å². The number of aromatic nitrogens is 1. The number of nitrogens with one attached hydrogen (secondary N) is 2. The number of hydrogen-bond acceptors (Lipinski definition) is 2. The number of aromatic amines is 1. The Hall–Kier alpha value is -2.56. The summed E-state index contributed by atoms with van der Waals surface area (Å²) in [6, 6.07) is 9.63. The van der Waals surface area contributed by atoms with E-state index in [9.17, 15) is 9.59 Å². The third-order valence-corrected chi connectivity index (χ3v) is 4.19. The fourth-order valence-electron chi connectivity index (χ4n) is 3.01. The molecule has 5 nitrogen and oxygen atoms in total. The monoisotopic (exact) mass is 298 g/mol. The van der Waals surface area contributed by atoms with E-state index in [0.29, 0.717) is 24.8 Å². The molecule has 1 aliphatic rings. The lowest BCUT2D eigenvalue weighted by Crippen LogP contribution is -2.33. The second-order valence-corrected chi connectivity index (χ2v) is 5.67. The molecular formula is C17H18N2O3. The Morgan fingerprint density at radius 2 is 1.91 bits per heavy atom. The van der Waals surface area contributed by atoms with Crippen LogP contribution in [0.5, 0.6) is 0 Å². The van der Waals surface area contributed by atoms with Crippen LogP contribution in [0.2, 0.25) is 0 Å². The minimum atomic E-state index is -0.775. The maximum atomic E-state index is 12.5. The van der Waals surface area contributed by atoms with Crippen LogP contribution in [0.1, 0.15) is 29.6 Å². The van der Waals surface area contributed by atoms with Crippen LogP contribution in [0.15, 0.2) is 42.7 Å². The molecule has 1 aromatic heterocycles. The topological polar surface area (TPSA) is 82.2 Å². The van der Waals surface area contributed by atoms with Gasteiger partial charge in [0.25, 0.3) is 5.91 Å². The molecule has 114 valence electrons. The van der Waals surface area contributed by atoms with Crippen LogP contribution < -0.4 is 5.32 Å². The van der Waals surface area contributed by atoms with E-state index in [4.69, 9.17) is 5.11 Å². The summed E-state index contributed by atoms with van der Waals surface area (Å²) >= 11 is 0. The van der Waals surface area contributed by atoms with Crippen LogP contribution in [0, 0.1) is 5.92 Å². The number of carbonyl (C=O) groups excluding carboxylic acids is 1. The van der Waals surface area contributed by atoms with Crippen LogP contribution in [-0.2, 0) is 4.79 Å². The van der Waals surface area contributed by atoms with Crippen molar-refractivity contribution in [2.75, 3.05) is 0 Å². The van der Waals surface area contributed by atoms with Crippen molar-refractivity contribution < 1.29 is 14.7 Å². The quantitative estimate of drug-likeness (QED) is 0.811. The lowest BCUT2D eigenvalue weighted by Gasteiger charge is -2.13. The van der Waals surface area contributed by atoms with Crippen molar-refractivity contribution in [1.29, 1.82) is 0 Å². The molecule has 2 aromatic rings. The standard InChI is InChI=1S/C17H18N2O3/c20-16(19-13-7-6-12(8-13)17(21)22)15-10-18-9-14(15)11-4-2-1-3-5-11/h1-5,9-10,12-13,18H,6-8H2,(H,19,20)(H,21,22)/t12-,13+/m1/s1. The molecule has 1 heterocycles. The lowest BCUT2D eigenvalue weighted by atomic mass is 10.0. The van der Waals surface area contributed by atoms with Gasteiger partial charge < -0.3 is 15.4 Å². The summed E-state index contributed by atoms with van der Waals surface area (Å²) < 4.78 is 0. The third-order valence-electron chi connectivity index (χ3n) is 4.19. The van der Waals surface area contributed by atoms with E-state index in [1.165, 1.54) is 0 Å². The molecule has 5 heteroatoms. The number of aliphatic carboxylic acids is 1. The smallest absolute Gasteiger partial charge is 0.306 e. The van der Waals surface area contributed by atoms with Crippen molar-refractivity contribution in [1.82, 2.24) is 10.3 Å². The SMILES string of the molecule is O=C(N[C@H]1CC[C@@H](C(=O)O)C1)c1c[nH]cc1-c1ccccc1. The van der Waals surface area contributed by atoms with E-state index >= 15 is 0 Å². The molecule has 3 N–H and O–H groups in total. The largest absolute Gasteiger partial charge is 0.481 e. The molecular weight excluding hydrogens is 280 g/mol. The zero-order valence-corrected chi connectivity index (χ0v) is 12.1. The first kappa shape index (κ1) is 14.4. The zero-order chi connectivity index (χ0) is 15.5. The molecule has 22 heavy (non-hydrogen) atoms. The molecule has 0 saturated heterocycles. The number of benzene rings is 1. The third kappa shape index (κ3) is 2.88. The van der Waals surface area contributed by atoms with E-state index < -0.39 is 5.97 Å². The number of carbonyl (C=O) groups is 2. The van der Waals surface area contributed by atoms with Crippen LogP contribution in [0.4, 0.5) is 0 Å². The fourth-order valence-corrected chi connectivity index (χ4v) is 3.01. The van der Waals surface area contributed by atoms with Gasteiger partial charge in [0.1, 0.15) is 0 Å². The first-order valence-corrected chi connectivity index (χ1v) is 7.41. The molecule has 0 bridgehead atoms. The molecule has 0 radical (unpaired) electrons. The molecule has 3 rings (SSSR count). The highest BCUT2D eigenvalue weighted by atomic mass is 16.4. The Balaban J connectivity index is 1.72. The normalized spacial score (nSPS) is 20.7. The number of rotatable bonds is 4. The molecule has 1 saturated carbocycles. The van der Waals surface area contributed by atoms with Gasteiger partial charge in [0.2, 0.25) is 0 Å². The number of carboxylic acids is 1. The van der Waals surface area contributed by atoms with Gasteiger partial charge in [-0.3, -0.25) is 9.59 Å². The average Bonchev–Trinajstić information content (AvgIpc) is 3.17. The summed E-state index contributed by atoms with van der Waals surface area (Å²) in [5.41, 5.74) is 2.42. The highest BCUT2D eigenvalue weighted by Gasteiger charge is 2.31. The second-order valence-electron chi connectivity index (χ2n) is 5.67. The Morgan fingerprint density at radius 3 is 2.59 bits per heavy atom. The van der Waals surface area contributed by atoms with Gasteiger partial charge in [-0.1, -0.05) is 30.3 Å². The number of amides is 1. The van der Waals surface area contributed by atoms with Gasteiger partial charge in [0, 0.05) is 24.0 Å². The number of hydrogen-bond donors (Lipinski definition) is 3. The van der Waals surface area contributed by atoms with Crippen LogP contribution in [-0.4, -0.2) is 28.0 Å². The van der Waals surface area contributed by atoms with Crippen LogP contribution >= 0.6 is 0 Å². The highest BCUT2D eigenvalue weighted by Crippen LogP contribution is 2.27. The number of carboxylic acid groups (broad SMARTS) is 1. The van der Waals surface area contributed by atoms with E-state index in [1.54, 1.807) is 12.4 Å². The molecule has 1 fully saturated rings. The number of H-pyrrole nitrogens is 1. The minimum absolute atomic E-state index is 0.0628. The Morgan fingerprint density at radius 1 is 1.14 bits per heavy atom. The summed E-state index contributed by atoms with van der Waals surface area (Å²) in [5.74, 6) is -1.27. The molecule has 2 atom stereocenters. The molecule has 0 aliphatic heterocycles. The molecule has 1 amide bonds. The molecule has 1 aliphatic carbocycles. The minimum Gasteiger partial charge on any atom is -0.481 e. The van der Waals surface area contributed by atoms with E-state index in [-0.39, 0.29) is 17.9 Å². The van der Waals surface area contributed by atoms with Crippen molar-refractivity contribution >= 4 is 11.9 Å². The average molecular weight is 298 g/mol. The van der Waals surface area contributed by atoms with Gasteiger partial charge in [-0.25, -0.2) is 0 Å². The van der Waals surface area contributed by atoms with Gasteiger partial charge in [-0.15, -0.1) is 0 Å². The Labute approximate surface area is 128 Å². The zero-order valence-electron chi connectivity index (χ0n) is 12.1.